The van der Waals surface area contributed by atoms with Gasteiger partial charge in [-0.05, 0) is 25.1 Å². The number of benzene rings is 1. The summed E-state index contributed by atoms with van der Waals surface area (Å²) < 4.78 is 6.55. The molecular weight excluding hydrogens is 402 g/mol. The van der Waals surface area contributed by atoms with Crippen molar-refractivity contribution in [3.63, 3.8) is 0 Å². The number of aromatic nitrogens is 3. The molecule has 0 aliphatic carbocycles. The predicted molar refractivity (Wildman–Crippen MR) is 114 cm³/mol. The van der Waals surface area contributed by atoms with Gasteiger partial charge in [0.15, 0.2) is 5.76 Å². The summed E-state index contributed by atoms with van der Waals surface area (Å²) in [4.78, 5) is 34.1. The lowest BCUT2D eigenvalue weighted by atomic mass is 10.1. The van der Waals surface area contributed by atoms with Crippen LogP contribution in [0.15, 0.2) is 57.9 Å². The Hall–Kier alpha value is -3.46. The number of piperazine rings is 1. The van der Waals surface area contributed by atoms with E-state index in [2.05, 4.69) is 10.1 Å². The smallest absolute Gasteiger partial charge is 0.289 e. The van der Waals surface area contributed by atoms with E-state index in [-0.39, 0.29) is 11.5 Å². The molecule has 0 spiro atoms. The molecule has 152 valence electrons. The normalized spacial score (nSPS) is 14.4. The Labute approximate surface area is 176 Å². The maximum atomic E-state index is 12.6. The maximum Gasteiger partial charge on any atom is 0.289 e. The summed E-state index contributed by atoms with van der Waals surface area (Å²) in [5, 5.41) is 5.21. The molecule has 9 heteroatoms. The largest absolute Gasteiger partial charge is 0.459 e. The van der Waals surface area contributed by atoms with Crippen LogP contribution in [0, 0.1) is 6.92 Å². The average molecular weight is 421 g/mol. The molecule has 3 aromatic heterocycles. The van der Waals surface area contributed by atoms with Gasteiger partial charge < -0.3 is 14.2 Å². The van der Waals surface area contributed by atoms with E-state index < -0.39 is 0 Å². The van der Waals surface area contributed by atoms with Crippen molar-refractivity contribution in [2.24, 2.45) is 0 Å². The lowest BCUT2D eigenvalue weighted by Crippen LogP contribution is -2.49. The summed E-state index contributed by atoms with van der Waals surface area (Å²) in [6, 6.07) is 12.9. The van der Waals surface area contributed by atoms with E-state index in [0.29, 0.717) is 42.7 Å². The molecule has 0 atom stereocenters. The second kappa shape index (κ2) is 7.42. The number of rotatable bonds is 3. The monoisotopic (exact) mass is 421 g/mol. The van der Waals surface area contributed by atoms with Crippen LogP contribution in [-0.2, 0) is 0 Å². The highest BCUT2D eigenvalue weighted by molar-refractivity contribution is 7.19. The van der Waals surface area contributed by atoms with Crippen molar-refractivity contribution < 1.29 is 9.21 Å². The van der Waals surface area contributed by atoms with Gasteiger partial charge in [0.1, 0.15) is 10.8 Å². The number of anilines is 1. The van der Waals surface area contributed by atoms with Crippen LogP contribution in [-0.4, -0.2) is 51.6 Å². The third kappa shape index (κ3) is 3.37. The summed E-state index contributed by atoms with van der Waals surface area (Å²) in [7, 11) is 0. The minimum Gasteiger partial charge on any atom is -0.459 e. The number of hydrogen-bond acceptors (Lipinski definition) is 7. The van der Waals surface area contributed by atoms with Gasteiger partial charge in [0.05, 0.1) is 6.26 Å². The van der Waals surface area contributed by atoms with Gasteiger partial charge in [-0.15, -0.1) is 0 Å². The van der Waals surface area contributed by atoms with Crippen LogP contribution in [0.4, 0.5) is 5.82 Å². The maximum absolute atomic E-state index is 12.6. The first kappa shape index (κ1) is 18.6. The topological polar surface area (TPSA) is 84.0 Å². The van der Waals surface area contributed by atoms with E-state index in [1.165, 1.54) is 28.2 Å². The Morgan fingerprint density at radius 1 is 1.10 bits per heavy atom. The lowest BCUT2D eigenvalue weighted by Gasteiger charge is -2.34. The molecule has 8 nitrogen and oxygen atoms in total. The van der Waals surface area contributed by atoms with Gasteiger partial charge in [-0.3, -0.25) is 9.59 Å². The second-order valence-corrected chi connectivity index (χ2v) is 8.14. The highest BCUT2D eigenvalue weighted by Gasteiger charge is 2.25. The van der Waals surface area contributed by atoms with Gasteiger partial charge in [-0.2, -0.15) is 9.61 Å². The number of fused-ring (bicyclic) bond motifs is 1. The van der Waals surface area contributed by atoms with Crippen molar-refractivity contribution >= 4 is 28.0 Å². The molecule has 1 fully saturated rings. The van der Waals surface area contributed by atoms with Crippen molar-refractivity contribution in [1.82, 2.24) is 19.5 Å². The molecule has 0 radical (unpaired) electrons. The van der Waals surface area contributed by atoms with Crippen LogP contribution >= 0.6 is 11.3 Å². The first-order valence-electron chi connectivity index (χ1n) is 9.64. The first-order valence-corrected chi connectivity index (χ1v) is 10.5. The molecule has 1 aromatic carbocycles. The molecule has 0 N–H and O–H groups in total. The van der Waals surface area contributed by atoms with Gasteiger partial charge in [-0.1, -0.05) is 35.1 Å². The molecule has 1 aliphatic rings. The Morgan fingerprint density at radius 3 is 2.67 bits per heavy atom. The third-order valence-electron chi connectivity index (χ3n) is 5.12. The highest BCUT2D eigenvalue weighted by atomic mass is 32.1. The van der Waals surface area contributed by atoms with Gasteiger partial charge >= 0.3 is 0 Å². The Kier molecular flexibility index (Phi) is 4.59. The number of carbonyl (C=O) groups is 1. The number of aryl methyl sites for hydroxylation is 1. The minimum atomic E-state index is -0.209. The zero-order valence-corrected chi connectivity index (χ0v) is 17.1. The molecule has 1 aliphatic heterocycles. The van der Waals surface area contributed by atoms with Crippen molar-refractivity contribution in [3.8, 4) is 10.6 Å². The lowest BCUT2D eigenvalue weighted by molar-refractivity contribution is 0.0714. The Bertz CT molecular complexity index is 1270. The molecule has 30 heavy (non-hydrogen) atoms. The number of amides is 1. The van der Waals surface area contributed by atoms with Crippen LogP contribution in [0.2, 0.25) is 0 Å². The van der Waals surface area contributed by atoms with Crippen LogP contribution in [0.1, 0.15) is 16.1 Å². The van der Waals surface area contributed by atoms with E-state index in [0.717, 1.165) is 16.1 Å². The fourth-order valence-corrected chi connectivity index (χ4v) is 4.45. The van der Waals surface area contributed by atoms with E-state index >= 15 is 0 Å². The number of hydrogen-bond donors (Lipinski definition) is 0. The molecule has 1 amide bonds. The molecular formula is C21H19N5O3S. The SMILES string of the molecule is Cc1cccc(-c2nn3c(=O)cc(N4CCN(C(=O)c5ccco5)CC4)nc3s2)c1. The van der Waals surface area contributed by atoms with E-state index in [9.17, 15) is 9.59 Å². The van der Waals surface area contributed by atoms with Crippen molar-refractivity contribution in [1.29, 1.82) is 0 Å². The van der Waals surface area contributed by atoms with E-state index in [1.807, 2.05) is 36.1 Å². The zero-order chi connectivity index (χ0) is 20.7. The van der Waals surface area contributed by atoms with Gasteiger partial charge in [0.2, 0.25) is 4.96 Å². The summed E-state index contributed by atoms with van der Waals surface area (Å²) in [5.74, 6) is 0.840. The molecule has 0 saturated carbocycles. The van der Waals surface area contributed by atoms with Crippen molar-refractivity contribution in [2.45, 2.75) is 6.92 Å². The highest BCUT2D eigenvalue weighted by Crippen LogP contribution is 2.26. The standard InChI is InChI=1S/C21H19N5O3S/c1-14-4-2-5-15(12-14)19-23-26-18(27)13-17(22-21(26)30-19)24-7-9-25(10-8-24)20(28)16-6-3-11-29-16/h2-6,11-13H,7-10H2,1H3. The summed E-state index contributed by atoms with van der Waals surface area (Å²) in [6.07, 6.45) is 1.50. The van der Waals surface area contributed by atoms with Crippen LogP contribution in [0.3, 0.4) is 0 Å². The molecule has 5 rings (SSSR count). The van der Waals surface area contributed by atoms with Crippen LogP contribution in [0.5, 0.6) is 0 Å². The molecule has 0 bridgehead atoms. The fourth-order valence-electron chi connectivity index (χ4n) is 3.55. The number of carbonyl (C=O) groups excluding carboxylic acids is 1. The second-order valence-electron chi connectivity index (χ2n) is 7.18. The zero-order valence-electron chi connectivity index (χ0n) is 16.3. The average Bonchev–Trinajstić information content (AvgIpc) is 3.44. The summed E-state index contributed by atoms with van der Waals surface area (Å²) in [6.45, 7) is 4.29. The fraction of sp³-hybridized carbons (Fsp3) is 0.238. The van der Waals surface area contributed by atoms with E-state index in [1.54, 1.807) is 17.0 Å². The summed E-state index contributed by atoms with van der Waals surface area (Å²) >= 11 is 1.39. The molecule has 4 aromatic rings. The Morgan fingerprint density at radius 2 is 1.93 bits per heavy atom. The van der Waals surface area contributed by atoms with Gasteiger partial charge in [0.25, 0.3) is 11.5 Å². The molecule has 4 heterocycles. The van der Waals surface area contributed by atoms with Crippen LogP contribution < -0.4 is 10.5 Å². The number of nitrogens with zero attached hydrogens (tertiary/aromatic N) is 5. The molecule has 0 unspecified atom stereocenters. The van der Waals surface area contributed by atoms with E-state index in [4.69, 9.17) is 4.42 Å². The number of furan rings is 1. The predicted octanol–water partition coefficient (Wildman–Crippen LogP) is 2.68. The minimum absolute atomic E-state index is 0.117. The third-order valence-corrected chi connectivity index (χ3v) is 6.08. The quantitative estimate of drug-likeness (QED) is 0.506. The summed E-state index contributed by atoms with van der Waals surface area (Å²) in [5.41, 5.74) is 1.89. The molecule has 1 saturated heterocycles. The van der Waals surface area contributed by atoms with Gasteiger partial charge in [0, 0.05) is 37.8 Å². The van der Waals surface area contributed by atoms with Gasteiger partial charge in [-0.25, -0.2) is 4.98 Å². The van der Waals surface area contributed by atoms with Crippen LogP contribution in [0.25, 0.3) is 15.5 Å². The Balaban J connectivity index is 1.38. The van der Waals surface area contributed by atoms with Crippen molar-refractivity contribution in [3.05, 3.63) is 70.4 Å². The first-order chi connectivity index (χ1) is 14.6. The van der Waals surface area contributed by atoms with Crippen molar-refractivity contribution in [2.75, 3.05) is 31.1 Å².